The Hall–Kier alpha value is -3.32. The quantitative estimate of drug-likeness (QED) is 0.591. The summed E-state index contributed by atoms with van der Waals surface area (Å²) in [7, 11) is -2.42. The van der Waals surface area contributed by atoms with Gasteiger partial charge >= 0.3 is 0 Å². The van der Waals surface area contributed by atoms with Crippen LogP contribution in [0.5, 0.6) is 5.75 Å². The van der Waals surface area contributed by atoms with Crippen LogP contribution in [0.15, 0.2) is 71.6 Å². The molecule has 0 aliphatic rings. The third-order valence-electron chi connectivity index (χ3n) is 4.92. The molecule has 0 spiro atoms. The van der Waals surface area contributed by atoms with Gasteiger partial charge in [-0.05, 0) is 68.3 Å². The van der Waals surface area contributed by atoms with Gasteiger partial charge in [0, 0.05) is 5.69 Å². The number of aryl methyl sites for hydroxylation is 3. The number of anilines is 2. The van der Waals surface area contributed by atoms with E-state index >= 15 is 0 Å². The summed E-state index contributed by atoms with van der Waals surface area (Å²) in [6.07, 6.45) is 0. The number of hydrogen-bond donors (Lipinski definition) is 1. The van der Waals surface area contributed by atoms with Crippen LogP contribution in [-0.2, 0) is 14.8 Å². The van der Waals surface area contributed by atoms with Crippen molar-refractivity contribution in [3.8, 4) is 5.75 Å². The molecule has 3 aromatic carbocycles. The molecule has 0 unspecified atom stereocenters. The minimum absolute atomic E-state index is 0.112. The smallest absolute Gasteiger partial charge is 0.264 e. The average molecular weight is 439 g/mol. The maximum atomic E-state index is 13.4. The van der Waals surface area contributed by atoms with Crippen molar-refractivity contribution in [1.82, 2.24) is 0 Å². The zero-order valence-electron chi connectivity index (χ0n) is 18.0. The summed E-state index contributed by atoms with van der Waals surface area (Å²) in [4.78, 5) is 13.1. The third kappa shape index (κ3) is 5.06. The number of nitrogens with one attached hydrogen (secondary N) is 1. The molecule has 0 fully saturated rings. The van der Waals surface area contributed by atoms with E-state index in [0.717, 1.165) is 21.0 Å². The highest BCUT2D eigenvalue weighted by molar-refractivity contribution is 7.92. The molecular formula is C24H26N2O4S. The first kappa shape index (κ1) is 22.4. The SMILES string of the molecule is COc1ccc(N(CC(=O)Nc2c(C)cc(C)cc2C)S(=O)(=O)c2ccccc2)cc1. The first-order chi connectivity index (χ1) is 14.7. The second kappa shape index (κ2) is 9.22. The highest BCUT2D eigenvalue weighted by atomic mass is 32.2. The van der Waals surface area contributed by atoms with Crippen LogP contribution in [0.3, 0.4) is 0 Å². The molecule has 1 amide bonds. The molecule has 0 saturated carbocycles. The van der Waals surface area contributed by atoms with E-state index in [-0.39, 0.29) is 11.4 Å². The summed E-state index contributed by atoms with van der Waals surface area (Å²) >= 11 is 0. The Morgan fingerprint density at radius 1 is 0.935 bits per heavy atom. The van der Waals surface area contributed by atoms with Crippen LogP contribution in [-0.4, -0.2) is 28.0 Å². The van der Waals surface area contributed by atoms with Gasteiger partial charge in [-0.15, -0.1) is 0 Å². The Morgan fingerprint density at radius 2 is 1.52 bits per heavy atom. The Morgan fingerprint density at radius 3 is 2.06 bits per heavy atom. The van der Waals surface area contributed by atoms with Gasteiger partial charge < -0.3 is 10.1 Å². The molecule has 1 N–H and O–H groups in total. The number of rotatable bonds is 7. The summed E-state index contributed by atoms with van der Waals surface area (Å²) in [5, 5.41) is 2.88. The fraction of sp³-hybridized carbons (Fsp3) is 0.208. The summed E-state index contributed by atoms with van der Waals surface area (Å²) in [6.45, 7) is 5.45. The molecule has 3 rings (SSSR count). The van der Waals surface area contributed by atoms with Gasteiger partial charge in [-0.1, -0.05) is 35.9 Å². The predicted molar refractivity (Wildman–Crippen MR) is 123 cm³/mol. The van der Waals surface area contributed by atoms with E-state index in [1.165, 1.54) is 19.2 Å². The lowest BCUT2D eigenvalue weighted by molar-refractivity contribution is -0.114. The van der Waals surface area contributed by atoms with Gasteiger partial charge in [0.25, 0.3) is 10.0 Å². The van der Waals surface area contributed by atoms with Crippen molar-refractivity contribution < 1.29 is 17.9 Å². The van der Waals surface area contributed by atoms with E-state index in [1.54, 1.807) is 42.5 Å². The molecular weight excluding hydrogens is 412 g/mol. The fourth-order valence-corrected chi connectivity index (χ4v) is 4.91. The first-order valence-corrected chi connectivity index (χ1v) is 11.3. The lowest BCUT2D eigenvalue weighted by Gasteiger charge is -2.24. The van der Waals surface area contributed by atoms with E-state index in [1.807, 2.05) is 32.9 Å². The molecule has 3 aromatic rings. The maximum absolute atomic E-state index is 13.4. The molecule has 6 nitrogen and oxygen atoms in total. The Kier molecular flexibility index (Phi) is 6.65. The Labute approximate surface area is 183 Å². The van der Waals surface area contributed by atoms with E-state index in [4.69, 9.17) is 4.74 Å². The molecule has 0 aliphatic heterocycles. The van der Waals surface area contributed by atoms with Crippen molar-refractivity contribution in [3.05, 3.63) is 83.4 Å². The van der Waals surface area contributed by atoms with Crippen LogP contribution in [0, 0.1) is 20.8 Å². The number of nitrogens with zero attached hydrogens (tertiary/aromatic N) is 1. The topological polar surface area (TPSA) is 75.7 Å². The van der Waals surface area contributed by atoms with Crippen molar-refractivity contribution in [2.45, 2.75) is 25.7 Å². The van der Waals surface area contributed by atoms with Crippen molar-refractivity contribution in [1.29, 1.82) is 0 Å². The average Bonchev–Trinajstić information content (AvgIpc) is 2.75. The molecule has 0 aliphatic carbocycles. The fourth-order valence-electron chi connectivity index (χ4n) is 3.47. The molecule has 31 heavy (non-hydrogen) atoms. The molecule has 7 heteroatoms. The first-order valence-electron chi connectivity index (χ1n) is 9.82. The minimum Gasteiger partial charge on any atom is -0.497 e. The Bertz CT molecular complexity index is 1150. The van der Waals surface area contributed by atoms with Crippen LogP contribution in [0.1, 0.15) is 16.7 Å². The minimum atomic E-state index is -3.96. The van der Waals surface area contributed by atoms with Crippen molar-refractivity contribution >= 4 is 27.3 Å². The van der Waals surface area contributed by atoms with E-state index in [9.17, 15) is 13.2 Å². The zero-order chi connectivity index (χ0) is 22.6. The predicted octanol–water partition coefficient (Wildman–Crippen LogP) is 4.45. The molecule has 162 valence electrons. The number of benzene rings is 3. The van der Waals surface area contributed by atoms with Gasteiger partial charge in [-0.25, -0.2) is 8.42 Å². The molecule has 0 bridgehead atoms. The third-order valence-corrected chi connectivity index (χ3v) is 6.71. The van der Waals surface area contributed by atoms with Crippen molar-refractivity contribution in [2.24, 2.45) is 0 Å². The van der Waals surface area contributed by atoms with E-state index in [0.29, 0.717) is 17.1 Å². The number of carbonyl (C=O) groups is 1. The number of hydrogen-bond acceptors (Lipinski definition) is 4. The summed E-state index contributed by atoms with van der Waals surface area (Å²) in [5.41, 5.74) is 4.01. The molecule has 0 radical (unpaired) electrons. The van der Waals surface area contributed by atoms with Gasteiger partial charge in [-0.3, -0.25) is 9.10 Å². The van der Waals surface area contributed by atoms with Crippen LogP contribution in [0.25, 0.3) is 0 Å². The van der Waals surface area contributed by atoms with Crippen LogP contribution in [0.4, 0.5) is 11.4 Å². The van der Waals surface area contributed by atoms with Gasteiger partial charge in [0.2, 0.25) is 5.91 Å². The molecule has 0 saturated heterocycles. The number of methoxy groups -OCH3 is 1. The molecule has 0 aromatic heterocycles. The number of sulfonamides is 1. The van der Waals surface area contributed by atoms with Gasteiger partial charge in [0.1, 0.15) is 12.3 Å². The van der Waals surface area contributed by atoms with Gasteiger partial charge in [0.05, 0.1) is 17.7 Å². The lowest BCUT2D eigenvalue weighted by Crippen LogP contribution is -2.38. The van der Waals surface area contributed by atoms with Crippen LogP contribution in [0.2, 0.25) is 0 Å². The number of amides is 1. The van der Waals surface area contributed by atoms with E-state index < -0.39 is 15.9 Å². The molecule has 0 atom stereocenters. The molecule has 0 heterocycles. The highest BCUT2D eigenvalue weighted by Crippen LogP contribution is 2.27. The van der Waals surface area contributed by atoms with Crippen molar-refractivity contribution in [3.63, 3.8) is 0 Å². The maximum Gasteiger partial charge on any atom is 0.264 e. The highest BCUT2D eigenvalue weighted by Gasteiger charge is 2.27. The Balaban J connectivity index is 1.96. The lowest BCUT2D eigenvalue weighted by atomic mass is 10.1. The van der Waals surface area contributed by atoms with Crippen molar-refractivity contribution in [2.75, 3.05) is 23.3 Å². The van der Waals surface area contributed by atoms with Gasteiger partial charge in [-0.2, -0.15) is 0 Å². The summed E-state index contributed by atoms with van der Waals surface area (Å²) in [6, 6.07) is 18.6. The second-order valence-corrected chi connectivity index (χ2v) is 9.21. The normalized spacial score (nSPS) is 11.1. The standard InChI is InChI=1S/C24H26N2O4S/c1-17-14-18(2)24(19(3)15-17)25-23(27)16-26(20-10-12-21(30-4)13-11-20)31(28,29)22-8-6-5-7-9-22/h5-15H,16H2,1-4H3,(H,25,27). The zero-order valence-corrected chi connectivity index (χ0v) is 18.9. The van der Waals surface area contributed by atoms with Crippen LogP contribution >= 0.6 is 0 Å². The summed E-state index contributed by atoms with van der Waals surface area (Å²) in [5.74, 6) is 0.168. The monoisotopic (exact) mass is 438 g/mol. The second-order valence-electron chi connectivity index (χ2n) is 7.34. The largest absolute Gasteiger partial charge is 0.497 e. The number of ether oxygens (including phenoxy) is 1. The van der Waals surface area contributed by atoms with E-state index in [2.05, 4.69) is 5.32 Å². The number of carbonyl (C=O) groups excluding carboxylic acids is 1. The van der Waals surface area contributed by atoms with Gasteiger partial charge in [0.15, 0.2) is 0 Å². The summed E-state index contributed by atoms with van der Waals surface area (Å²) < 4.78 is 33.0. The van der Waals surface area contributed by atoms with Crippen LogP contribution < -0.4 is 14.4 Å².